The van der Waals surface area contributed by atoms with Crippen LogP contribution in [0.15, 0.2) is 0 Å². The van der Waals surface area contributed by atoms with Crippen molar-refractivity contribution in [2.45, 2.75) is 109 Å². The van der Waals surface area contributed by atoms with Crippen molar-refractivity contribution in [3.63, 3.8) is 0 Å². The molecule has 188 valence electrons. The van der Waals surface area contributed by atoms with Gasteiger partial charge in [0.15, 0.2) is 0 Å². The minimum Gasteiger partial charge on any atom is -0.394 e. The molecule has 3 heterocycles. The first-order valence-electron chi connectivity index (χ1n) is 12.8. The number of carbonyl (C=O) groups excluding carboxylic acids is 3. The fourth-order valence-electron chi connectivity index (χ4n) is 6.46. The molecule has 1 spiro atoms. The van der Waals surface area contributed by atoms with E-state index in [4.69, 9.17) is 4.74 Å². The Balaban J connectivity index is 2.04. The van der Waals surface area contributed by atoms with E-state index < -0.39 is 35.1 Å². The summed E-state index contributed by atoms with van der Waals surface area (Å²) in [4.78, 5) is 42.5. The van der Waals surface area contributed by atoms with Crippen molar-refractivity contribution in [2.24, 2.45) is 17.8 Å². The van der Waals surface area contributed by atoms with Crippen LogP contribution in [-0.4, -0.2) is 70.2 Å². The molecule has 8 nitrogen and oxygen atoms in total. The third kappa shape index (κ3) is 4.41. The predicted octanol–water partition coefficient (Wildman–Crippen LogP) is 1.99. The number of aliphatic hydroxyl groups excluding tert-OH is 1. The molecule has 3 unspecified atom stereocenters. The zero-order valence-corrected chi connectivity index (χ0v) is 21.1. The van der Waals surface area contributed by atoms with Gasteiger partial charge in [-0.05, 0) is 51.9 Å². The molecule has 3 aliphatic heterocycles. The van der Waals surface area contributed by atoms with Crippen molar-refractivity contribution in [2.75, 3.05) is 13.2 Å². The van der Waals surface area contributed by atoms with Crippen LogP contribution < -0.4 is 10.6 Å². The van der Waals surface area contributed by atoms with Crippen LogP contribution in [0.2, 0.25) is 0 Å². The van der Waals surface area contributed by atoms with Crippen LogP contribution in [0.5, 0.6) is 0 Å². The Labute approximate surface area is 198 Å². The summed E-state index contributed by atoms with van der Waals surface area (Å²) in [6.45, 7) is 12.3. The zero-order valence-electron chi connectivity index (χ0n) is 21.1. The number of rotatable bonds is 11. The molecule has 33 heavy (non-hydrogen) atoms. The van der Waals surface area contributed by atoms with Gasteiger partial charge in [-0.3, -0.25) is 14.4 Å². The predicted molar refractivity (Wildman–Crippen MR) is 125 cm³/mol. The molecule has 7 atom stereocenters. The van der Waals surface area contributed by atoms with Crippen molar-refractivity contribution < 1.29 is 24.2 Å². The number of aliphatic hydroxyl groups is 1. The molecular weight excluding hydrogens is 422 g/mol. The van der Waals surface area contributed by atoms with Gasteiger partial charge in [0.05, 0.1) is 30.1 Å². The highest BCUT2D eigenvalue weighted by molar-refractivity contribution is 5.99. The molecule has 0 radical (unpaired) electrons. The summed E-state index contributed by atoms with van der Waals surface area (Å²) in [6, 6.07) is -1.38. The van der Waals surface area contributed by atoms with E-state index in [-0.39, 0.29) is 36.3 Å². The fraction of sp³-hybridized carbons (Fsp3) is 0.880. The monoisotopic (exact) mass is 465 g/mol. The molecule has 3 fully saturated rings. The van der Waals surface area contributed by atoms with Crippen LogP contribution in [0.3, 0.4) is 0 Å². The Kier molecular flexibility index (Phi) is 7.79. The van der Waals surface area contributed by atoms with Gasteiger partial charge in [0.1, 0.15) is 11.6 Å². The first-order chi connectivity index (χ1) is 15.6. The molecule has 0 saturated carbocycles. The maximum atomic E-state index is 14.0. The second kappa shape index (κ2) is 9.90. The number of fused-ring (bicyclic) bond motifs is 1. The highest BCUT2D eigenvalue weighted by atomic mass is 16.5. The molecule has 0 aromatic carbocycles. The number of hydrogen-bond acceptors (Lipinski definition) is 5. The van der Waals surface area contributed by atoms with E-state index in [1.807, 2.05) is 34.6 Å². The van der Waals surface area contributed by atoms with Gasteiger partial charge in [-0.25, -0.2) is 0 Å². The first-order valence-corrected chi connectivity index (χ1v) is 12.8. The van der Waals surface area contributed by atoms with E-state index in [2.05, 4.69) is 17.6 Å². The van der Waals surface area contributed by atoms with Gasteiger partial charge in [0, 0.05) is 12.6 Å². The van der Waals surface area contributed by atoms with Crippen molar-refractivity contribution in [3.05, 3.63) is 0 Å². The van der Waals surface area contributed by atoms with Crippen molar-refractivity contribution in [1.29, 1.82) is 0 Å². The number of likely N-dealkylation sites (tertiary alicyclic amines) is 1. The molecule has 0 aromatic rings. The van der Waals surface area contributed by atoms with E-state index in [9.17, 15) is 19.5 Å². The highest BCUT2D eigenvalue weighted by Gasteiger charge is 2.78. The van der Waals surface area contributed by atoms with Crippen LogP contribution in [0, 0.1) is 17.8 Å². The van der Waals surface area contributed by atoms with Crippen molar-refractivity contribution in [1.82, 2.24) is 15.5 Å². The van der Waals surface area contributed by atoms with E-state index in [0.717, 1.165) is 19.3 Å². The number of hydrogen-bond donors (Lipinski definition) is 3. The van der Waals surface area contributed by atoms with Gasteiger partial charge in [0.2, 0.25) is 17.7 Å². The number of carbonyl (C=O) groups is 3. The quantitative estimate of drug-likeness (QED) is 0.433. The van der Waals surface area contributed by atoms with Gasteiger partial charge < -0.3 is 25.4 Å². The van der Waals surface area contributed by atoms with Crippen LogP contribution in [0.1, 0.15) is 80.1 Å². The van der Waals surface area contributed by atoms with Crippen LogP contribution >= 0.6 is 0 Å². The maximum Gasteiger partial charge on any atom is 0.246 e. The first kappa shape index (κ1) is 25.9. The average molecular weight is 466 g/mol. The second-order valence-corrected chi connectivity index (χ2v) is 10.9. The van der Waals surface area contributed by atoms with E-state index in [1.54, 1.807) is 4.90 Å². The Morgan fingerprint density at radius 2 is 1.88 bits per heavy atom. The third-order valence-corrected chi connectivity index (χ3v) is 7.75. The Morgan fingerprint density at radius 3 is 2.45 bits per heavy atom. The second-order valence-electron chi connectivity index (χ2n) is 10.9. The van der Waals surface area contributed by atoms with Crippen molar-refractivity contribution >= 4 is 17.7 Å². The molecule has 8 heteroatoms. The average Bonchev–Trinajstić information content (AvgIpc) is 3.31. The van der Waals surface area contributed by atoms with Gasteiger partial charge in [-0.15, -0.1) is 0 Å². The molecule has 0 aliphatic carbocycles. The third-order valence-electron chi connectivity index (χ3n) is 7.75. The summed E-state index contributed by atoms with van der Waals surface area (Å²) < 4.78 is 6.59. The Bertz CT molecular complexity index is 758. The lowest BCUT2D eigenvalue weighted by Gasteiger charge is -2.38. The lowest BCUT2D eigenvalue weighted by Crippen LogP contribution is -2.59. The minimum absolute atomic E-state index is 0.0367. The molecule has 3 saturated heterocycles. The number of nitrogens with one attached hydrogen (secondary N) is 2. The summed E-state index contributed by atoms with van der Waals surface area (Å²) >= 11 is 0. The number of nitrogens with zero attached hydrogens (tertiary/aromatic N) is 1. The SMILES string of the molecule is CCCNC(=O)[C@@H]1[C@H]2C(=O)N([C@@H](CO)CC(C)C)C(C(=O)NC(C)CCC)C23CC[C@@]1(C)O3. The Morgan fingerprint density at radius 1 is 1.18 bits per heavy atom. The number of ether oxygens (including phenoxy) is 1. The molecular formula is C25H43N3O5. The molecule has 3 amide bonds. The van der Waals surface area contributed by atoms with E-state index >= 15 is 0 Å². The standard InChI is InChI=1S/C25H43N3O5/c1-7-9-16(5)27-22(31)20-25-11-10-24(6,33-25)18(21(30)26-12-8-2)19(25)23(32)28(20)17(14-29)13-15(3)4/h15-20,29H,7-14H2,1-6H3,(H,26,30)(H,27,31)/t16?,17-,18+,19+,20?,24-,25?/m1/s1. The lowest BCUT2D eigenvalue weighted by molar-refractivity contribution is -0.150. The van der Waals surface area contributed by atoms with Crippen molar-refractivity contribution in [3.8, 4) is 0 Å². The smallest absolute Gasteiger partial charge is 0.246 e. The normalized spacial score (nSPS) is 34.5. The van der Waals surface area contributed by atoms with Crippen LogP contribution in [-0.2, 0) is 19.1 Å². The van der Waals surface area contributed by atoms with Gasteiger partial charge >= 0.3 is 0 Å². The summed E-state index contributed by atoms with van der Waals surface area (Å²) in [6.07, 6.45) is 4.31. The minimum atomic E-state index is -1.04. The highest BCUT2D eigenvalue weighted by Crippen LogP contribution is 2.63. The fourth-order valence-corrected chi connectivity index (χ4v) is 6.46. The van der Waals surface area contributed by atoms with E-state index in [0.29, 0.717) is 25.8 Å². The van der Waals surface area contributed by atoms with Crippen LogP contribution in [0.25, 0.3) is 0 Å². The molecule has 3 aliphatic rings. The van der Waals surface area contributed by atoms with E-state index in [1.165, 1.54) is 0 Å². The summed E-state index contributed by atoms with van der Waals surface area (Å²) in [5, 5.41) is 16.3. The maximum absolute atomic E-state index is 14.0. The largest absolute Gasteiger partial charge is 0.394 e. The van der Waals surface area contributed by atoms with Gasteiger partial charge in [-0.1, -0.05) is 34.1 Å². The van der Waals surface area contributed by atoms with Gasteiger partial charge in [-0.2, -0.15) is 0 Å². The summed E-state index contributed by atoms with van der Waals surface area (Å²) in [7, 11) is 0. The molecule has 3 rings (SSSR count). The Hall–Kier alpha value is -1.67. The van der Waals surface area contributed by atoms with Gasteiger partial charge in [0.25, 0.3) is 0 Å². The lowest BCUT2D eigenvalue weighted by atomic mass is 9.66. The summed E-state index contributed by atoms with van der Waals surface area (Å²) in [5.41, 5.74) is -1.81. The zero-order chi connectivity index (χ0) is 24.6. The number of amides is 3. The van der Waals surface area contributed by atoms with Crippen LogP contribution in [0.4, 0.5) is 0 Å². The molecule has 0 aromatic heterocycles. The summed E-state index contributed by atoms with van der Waals surface area (Å²) in [5.74, 6) is -1.78. The topological polar surface area (TPSA) is 108 Å². The molecule has 3 N–H and O–H groups in total. The molecule has 2 bridgehead atoms.